The van der Waals surface area contributed by atoms with Gasteiger partial charge in [-0.15, -0.1) is 0 Å². The molecular weight excluding hydrogens is 429 g/mol. The van der Waals surface area contributed by atoms with Crippen molar-refractivity contribution < 1.29 is 14.0 Å². The molecule has 1 aliphatic carbocycles. The Hall–Kier alpha value is -2.73. The number of ketones is 1. The number of halogens is 1. The standard InChI is InChI=1S/C28H36FN3O2/c1-20(33)24-4-2-5-27(18-24)32(28(30)34)14-3-6-26-17-23(13-15-31(26)19-22-7-8-22)16-21-9-11-25(29)12-10-21/h2,4-5,9-12,18,22-23,26H,3,6-8,13-17,19H2,1H3,(H2,30,34)/t23-,26-/m0/s1. The Morgan fingerprint density at radius 3 is 2.53 bits per heavy atom. The van der Waals surface area contributed by atoms with Crippen molar-refractivity contribution in [3.63, 3.8) is 0 Å². The predicted octanol–water partition coefficient (Wildman–Crippen LogP) is 5.43. The average molecular weight is 466 g/mol. The first kappa shape index (κ1) is 24.4. The maximum Gasteiger partial charge on any atom is 0.319 e. The van der Waals surface area contributed by atoms with E-state index in [0.717, 1.165) is 38.1 Å². The lowest BCUT2D eigenvalue weighted by Crippen LogP contribution is -2.44. The number of nitrogens with zero attached hydrogens (tertiary/aromatic N) is 2. The lowest BCUT2D eigenvalue weighted by atomic mass is 9.84. The molecule has 4 rings (SSSR count). The van der Waals surface area contributed by atoms with Crippen LogP contribution in [0.4, 0.5) is 14.9 Å². The number of Topliss-reactive ketones (excluding diaryl/α,β-unsaturated/α-hetero) is 1. The number of carbonyl (C=O) groups is 2. The van der Waals surface area contributed by atoms with E-state index in [1.54, 1.807) is 35.2 Å². The summed E-state index contributed by atoms with van der Waals surface area (Å²) < 4.78 is 13.3. The van der Waals surface area contributed by atoms with E-state index in [2.05, 4.69) is 4.90 Å². The second kappa shape index (κ2) is 11.1. The summed E-state index contributed by atoms with van der Waals surface area (Å²) >= 11 is 0. The molecule has 2 atom stereocenters. The van der Waals surface area contributed by atoms with Gasteiger partial charge in [-0.3, -0.25) is 9.69 Å². The smallest absolute Gasteiger partial charge is 0.319 e. The molecule has 0 aromatic heterocycles. The number of urea groups is 1. The Morgan fingerprint density at radius 1 is 1.09 bits per heavy atom. The maximum atomic E-state index is 13.3. The molecule has 5 nitrogen and oxygen atoms in total. The molecule has 2 N–H and O–H groups in total. The van der Waals surface area contributed by atoms with Gasteiger partial charge in [-0.1, -0.05) is 24.3 Å². The third-order valence-corrected chi connectivity index (χ3v) is 7.32. The van der Waals surface area contributed by atoms with Crippen LogP contribution in [0.3, 0.4) is 0 Å². The van der Waals surface area contributed by atoms with Gasteiger partial charge in [0.25, 0.3) is 0 Å². The van der Waals surface area contributed by atoms with E-state index in [4.69, 9.17) is 5.73 Å². The summed E-state index contributed by atoms with van der Waals surface area (Å²) in [5.41, 5.74) is 8.15. The van der Waals surface area contributed by atoms with Crippen LogP contribution >= 0.6 is 0 Å². The molecule has 0 unspecified atom stereocenters. The molecule has 1 aliphatic heterocycles. The molecule has 6 heteroatoms. The number of hydrogen-bond donors (Lipinski definition) is 1. The van der Waals surface area contributed by atoms with E-state index in [0.29, 0.717) is 29.8 Å². The van der Waals surface area contributed by atoms with Gasteiger partial charge in [0.2, 0.25) is 0 Å². The molecule has 34 heavy (non-hydrogen) atoms. The van der Waals surface area contributed by atoms with Crippen LogP contribution in [0.5, 0.6) is 0 Å². The van der Waals surface area contributed by atoms with Gasteiger partial charge in [-0.05, 0) is 100 Å². The highest BCUT2D eigenvalue weighted by Crippen LogP contribution is 2.35. The monoisotopic (exact) mass is 465 g/mol. The molecular formula is C28H36FN3O2. The van der Waals surface area contributed by atoms with Crippen molar-refractivity contribution in [2.24, 2.45) is 17.6 Å². The summed E-state index contributed by atoms with van der Waals surface area (Å²) in [4.78, 5) is 28.2. The van der Waals surface area contributed by atoms with Gasteiger partial charge >= 0.3 is 6.03 Å². The summed E-state index contributed by atoms with van der Waals surface area (Å²) in [7, 11) is 0. The molecule has 0 spiro atoms. The molecule has 2 aromatic carbocycles. The van der Waals surface area contributed by atoms with Crippen LogP contribution in [0.15, 0.2) is 48.5 Å². The number of likely N-dealkylation sites (tertiary alicyclic amines) is 1. The van der Waals surface area contributed by atoms with E-state index < -0.39 is 6.03 Å². The first-order valence-corrected chi connectivity index (χ1v) is 12.6. The van der Waals surface area contributed by atoms with E-state index >= 15 is 0 Å². The summed E-state index contributed by atoms with van der Waals surface area (Å²) in [5.74, 6) is 1.21. The van der Waals surface area contributed by atoms with Crippen molar-refractivity contribution in [1.82, 2.24) is 4.90 Å². The van der Waals surface area contributed by atoms with E-state index in [1.807, 2.05) is 18.2 Å². The minimum absolute atomic E-state index is 0.0311. The van der Waals surface area contributed by atoms with Gasteiger partial charge in [-0.2, -0.15) is 0 Å². The fraction of sp³-hybridized carbons (Fsp3) is 0.500. The minimum atomic E-state index is -0.492. The molecule has 2 aliphatic rings. The highest BCUT2D eigenvalue weighted by molar-refractivity contribution is 5.97. The summed E-state index contributed by atoms with van der Waals surface area (Å²) in [6, 6.07) is 14.0. The number of hydrogen-bond acceptors (Lipinski definition) is 3. The van der Waals surface area contributed by atoms with Gasteiger partial charge in [0.05, 0.1) is 0 Å². The van der Waals surface area contributed by atoms with Crippen molar-refractivity contribution in [3.8, 4) is 0 Å². The van der Waals surface area contributed by atoms with Crippen LogP contribution in [-0.4, -0.2) is 42.4 Å². The zero-order chi connectivity index (χ0) is 24.1. The average Bonchev–Trinajstić information content (AvgIpc) is 3.63. The van der Waals surface area contributed by atoms with Gasteiger partial charge < -0.3 is 10.6 Å². The molecule has 1 saturated heterocycles. The lowest BCUT2D eigenvalue weighted by molar-refractivity contribution is 0.0989. The highest BCUT2D eigenvalue weighted by atomic mass is 19.1. The topological polar surface area (TPSA) is 66.6 Å². The number of rotatable bonds is 10. The Labute approximate surface area is 202 Å². The molecule has 0 bridgehead atoms. The first-order chi connectivity index (χ1) is 16.4. The summed E-state index contributed by atoms with van der Waals surface area (Å²) in [5, 5.41) is 0. The number of primary amides is 1. The van der Waals surface area contributed by atoms with Gasteiger partial charge in [0.15, 0.2) is 5.78 Å². The zero-order valence-electron chi connectivity index (χ0n) is 20.1. The minimum Gasteiger partial charge on any atom is -0.351 e. The second-order valence-corrected chi connectivity index (χ2v) is 10.1. The Balaban J connectivity index is 1.38. The van der Waals surface area contributed by atoms with Crippen molar-refractivity contribution in [1.29, 1.82) is 0 Å². The molecule has 1 saturated carbocycles. The van der Waals surface area contributed by atoms with E-state index in [9.17, 15) is 14.0 Å². The van der Waals surface area contributed by atoms with Crippen LogP contribution in [-0.2, 0) is 6.42 Å². The van der Waals surface area contributed by atoms with Gasteiger partial charge in [-0.25, -0.2) is 9.18 Å². The van der Waals surface area contributed by atoms with Crippen LogP contribution < -0.4 is 10.6 Å². The second-order valence-electron chi connectivity index (χ2n) is 10.1. The fourth-order valence-electron chi connectivity index (χ4n) is 5.24. The summed E-state index contributed by atoms with van der Waals surface area (Å²) in [6.45, 7) is 4.34. The third kappa shape index (κ3) is 6.66. The normalized spacial score (nSPS) is 20.8. The van der Waals surface area contributed by atoms with Crippen LogP contribution in [0.2, 0.25) is 0 Å². The van der Waals surface area contributed by atoms with Crippen molar-refractivity contribution >= 4 is 17.5 Å². The van der Waals surface area contributed by atoms with Crippen molar-refractivity contribution in [2.75, 3.05) is 24.5 Å². The first-order valence-electron chi connectivity index (χ1n) is 12.6. The van der Waals surface area contributed by atoms with Crippen molar-refractivity contribution in [2.45, 2.75) is 57.9 Å². The number of piperidine rings is 1. The Morgan fingerprint density at radius 2 is 1.85 bits per heavy atom. The molecule has 2 aromatic rings. The molecule has 182 valence electrons. The van der Waals surface area contributed by atoms with Crippen LogP contribution in [0, 0.1) is 17.7 Å². The summed E-state index contributed by atoms with van der Waals surface area (Å²) in [6.07, 6.45) is 7.81. The van der Waals surface area contributed by atoms with E-state index in [-0.39, 0.29) is 11.6 Å². The molecule has 1 heterocycles. The maximum absolute atomic E-state index is 13.3. The number of carbonyl (C=O) groups excluding carboxylic acids is 2. The number of amides is 2. The number of nitrogens with two attached hydrogens (primary N) is 1. The van der Waals surface area contributed by atoms with Gasteiger partial charge in [0.1, 0.15) is 5.82 Å². The number of benzene rings is 2. The Kier molecular flexibility index (Phi) is 7.99. The van der Waals surface area contributed by atoms with Crippen LogP contribution in [0.25, 0.3) is 0 Å². The molecule has 2 fully saturated rings. The molecule has 2 amide bonds. The van der Waals surface area contributed by atoms with Crippen LogP contribution in [0.1, 0.15) is 61.4 Å². The largest absolute Gasteiger partial charge is 0.351 e. The SMILES string of the molecule is CC(=O)c1cccc(N(CCC[C@H]2C[C@H](Cc3ccc(F)cc3)CCN2CC2CC2)C(N)=O)c1. The highest BCUT2D eigenvalue weighted by Gasteiger charge is 2.32. The Bertz CT molecular complexity index is 989. The quantitative estimate of drug-likeness (QED) is 0.476. The number of anilines is 1. The van der Waals surface area contributed by atoms with E-state index in [1.165, 1.54) is 38.3 Å². The zero-order valence-corrected chi connectivity index (χ0v) is 20.1. The van der Waals surface area contributed by atoms with Gasteiger partial charge in [0, 0.05) is 30.4 Å². The third-order valence-electron chi connectivity index (χ3n) is 7.32. The predicted molar refractivity (Wildman–Crippen MR) is 134 cm³/mol. The fourth-order valence-corrected chi connectivity index (χ4v) is 5.24. The molecule has 0 radical (unpaired) electrons. The van der Waals surface area contributed by atoms with Crippen molar-refractivity contribution in [3.05, 3.63) is 65.5 Å². The lowest BCUT2D eigenvalue weighted by Gasteiger charge is -2.40.